The third kappa shape index (κ3) is 9.38. The van der Waals surface area contributed by atoms with Crippen LogP contribution in [0.15, 0.2) is 73.1 Å². The van der Waals surface area contributed by atoms with Crippen molar-refractivity contribution in [2.24, 2.45) is 5.73 Å². The molecule has 0 radical (unpaired) electrons. The van der Waals surface area contributed by atoms with Gasteiger partial charge in [-0.15, -0.1) is 0 Å². The van der Waals surface area contributed by atoms with Crippen molar-refractivity contribution in [1.29, 1.82) is 0 Å². The van der Waals surface area contributed by atoms with Crippen LogP contribution in [0.1, 0.15) is 35.2 Å². The first-order chi connectivity index (χ1) is 20.8. The standard InChI is InChI=1S/C31H34FN5O3.CH3NO/c1-21-3-8-27(32)28(17-21)36-23-4-6-25(7-5-23)40-26-9-13-33-30(19-26)29-18-22(20-35-29)31(39)34-12-2-14-37-15-10-24(38)11-16-37;2-1-3/h3-9,13,17-20,24,35-36,38H,2,10-12,14-16H2,1H3,(H,34,39);1H,(H2,2,3). The number of benzene rings is 2. The average molecular weight is 589 g/mol. The number of hydrogen-bond donors (Lipinski definition) is 5. The Morgan fingerprint density at radius 1 is 1.14 bits per heavy atom. The summed E-state index contributed by atoms with van der Waals surface area (Å²) in [7, 11) is 0. The van der Waals surface area contributed by atoms with Gasteiger partial charge in [0.15, 0.2) is 0 Å². The predicted octanol–water partition coefficient (Wildman–Crippen LogP) is 4.74. The maximum Gasteiger partial charge on any atom is 0.252 e. The highest BCUT2D eigenvalue weighted by Gasteiger charge is 2.16. The first-order valence-electron chi connectivity index (χ1n) is 14.1. The van der Waals surface area contributed by atoms with Crippen LogP contribution in [-0.4, -0.2) is 64.6 Å². The highest BCUT2D eigenvalue weighted by atomic mass is 19.1. The molecule has 0 bridgehead atoms. The van der Waals surface area contributed by atoms with E-state index in [0.717, 1.165) is 50.1 Å². The van der Waals surface area contributed by atoms with Gasteiger partial charge in [-0.25, -0.2) is 4.39 Å². The van der Waals surface area contributed by atoms with Crippen LogP contribution in [0.5, 0.6) is 11.5 Å². The molecule has 5 rings (SSSR count). The molecule has 6 N–H and O–H groups in total. The van der Waals surface area contributed by atoms with E-state index in [9.17, 15) is 14.3 Å². The molecule has 0 unspecified atom stereocenters. The largest absolute Gasteiger partial charge is 0.457 e. The summed E-state index contributed by atoms with van der Waals surface area (Å²) in [6.45, 7) is 5.23. The minimum atomic E-state index is -0.310. The summed E-state index contributed by atoms with van der Waals surface area (Å²) in [4.78, 5) is 31.1. The number of carbonyl (C=O) groups is 2. The summed E-state index contributed by atoms with van der Waals surface area (Å²) in [5.74, 6) is 0.777. The molecule has 4 aromatic rings. The lowest BCUT2D eigenvalue weighted by atomic mass is 10.1. The molecular formula is C32H37FN6O4. The Balaban J connectivity index is 0.00000135. The molecule has 1 fully saturated rings. The minimum Gasteiger partial charge on any atom is -0.457 e. The third-order valence-corrected chi connectivity index (χ3v) is 6.94. The Bertz CT molecular complexity index is 1490. The monoisotopic (exact) mass is 588 g/mol. The number of likely N-dealkylation sites (tertiary alicyclic amines) is 1. The van der Waals surface area contributed by atoms with Crippen LogP contribution >= 0.6 is 0 Å². The maximum atomic E-state index is 14.1. The first-order valence-corrected chi connectivity index (χ1v) is 14.1. The van der Waals surface area contributed by atoms with Crippen molar-refractivity contribution in [3.8, 4) is 22.9 Å². The molecule has 2 amide bonds. The number of halogens is 1. The Morgan fingerprint density at radius 3 is 2.63 bits per heavy atom. The second-order valence-corrected chi connectivity index (χ2v) is 10.2. The zero-order chi connectivity index (χ0) is 30.6. The van der Waals surface area contributed by atoms with Crippen LogP contribution in [-0.2, 0) is 4.79 Å². The van der Waals surface area contributed by atoms with Gasteiger partial charge in [0.1, 0.15) is 17.3 Å². The Kier molecular flexibility index (Phi) is 11.2. The van der Waals surface area contributed by atoms with E-state index in [-0.39, 0.29) is 24.2 Å². The quantitative estimate of drug-likeness (QED) is 0.133. The van der Waals surface area contributed by atoms with Gasteiger partial charge < -0.3 is 36.1 Å². The molecule has 0 atom stereocenters. The van der Waals surface area contributed by atoms with Crippen molar-refractivity contribution in [1.82, 2.24) is 20.2 Å². The van der Waals surface area contributed by atoms with Crippen LogP contribution in [0.25, 0.3) is 11.4 Å². The molecule has 10 nitrogen and oxygen atoms in total. The molecule has 1 aliphatic heterocycles. The van der Waals surface area contributed by atoms with E-state index in [0.29, 0.717) is 40.7 Å². The topological polar surface area (TPSA) is 146 Å². The molecular weight excluding hydrogens is 551 g/mol. The number of aromatic amines is 1. The number of aliphatic hydroxyl groups is 1. The van der Waals surface area contributed by atoms with Crippen molar-refractivity contribution < 1.29 is 23.8 Å². The fraction of sp³-hybridized carbons (Fsp3) is 0.281. The van der Waals surface area contributed by atoms with Gasteiger partial charge in [-0.05, 0) is 86.8 Å². The van der Waals surface area contributed by atoms with Crippen molar-refractivity contribution in [2.75, 3.05) is 31.5 Å². The van der Waals surface area contributed by atoms with Crippen LogP contribution in [0.4, 0.5) is 15.8 Å². The number of primary amides is 1. The number of aromatic nitrogens is 2. The first kappa shape index (κ1) is 31.2. The third-order valence-electron chi connectivity index (χ3n) is 6.94. The van der Waals surface area contributed by atoms with Gasteiger partial charge in [-0.1, -0.05) is 6.07 Å². The van der Waals surface area contributed by atoms with E-state index < -0.39 is 0 Å². The number of ether oxygens (including phenoxy) is 1. The fourth-order valence-electron chi connectivity index (χ4n) is 4.68. The second-order valence-electron chi connectivity index (χ2n) is 10.2. The van der Waals surface area contributed by atoms with E-state index in [1.54, 1.807) is 42.7 Å². The summed E-state index contributed by atoms with van der Waals surface area (Å²) in [5, 5.41) is 15.7. The van der Waals surface area contributed by atoms with Crippen LogP contribution in [0.2, 0.25) is 0 Å². The number of nitrogens with zero attached hydrogens (tertiary/aromatic N) is 2. The number of aryl methyl sites for hydroxylation is 1. The molecule has 0 aliphatic carbocycles. The maximum absolute atomic E-state index is 14.1. The summed E-state index contributed by atoms with van der Waals surface area (Å²) < 4.78 is 20.1. The lowest BCUT2D eigenvalue weighted by Crippen LogP contribution is -2.37. The van der Waals surface area contributed by atoms with Gasteiger partial charge in [0, 0.05) is 43.8 Å². The number of rotatable bonds is 10. The number of nitrogens with one attached hydrogen (secondary N) is 3. The van der Waals surface area contributed by atoms with E-state index >= 15 is 0 Å². The van der Waals surface area contributed by atoms with E-state index in [1.165, 1.54) is 6.07 Å². The molecule has 0 saturated carbocycles. The highest BCUT2D eigenvalue weighted by Crippen LogP contribution is 2.28. The summed E-state index contributed by atoms with van der Waals surface area (Å²) >= 11 is 0. The van der Waals surface area contributed by atoms with E-state index in [1.807, 2.05) is 31.2 Å². The van der Waals surface area contributed by atoms with Gasteiger partial charge in [0.25, 0.3) is 5.91 Å². The van der Waals surface area contributed by atoms with Gasteiger partial charge in [0.05, 0.1) is 28.7 Å². The van der Waals surface area contributed by atoms with Gasteiger partial charge in [-0.3, -0.25) is 14.6 Å². The average Bonchev–Trinajstić information content (AvgIpc) is 3.50. The van der Waals surface area contributed by atoms with E-state index in [2.05, 4.69) is 31.2 Å². The minimum absolute atomic E-state index is 0.136. The molecule has 226 valence electrons. The zero-order valence-corrected chi connectivity index (χ0v) is 24.1. The van der Waals surface area contributed by atoms with Crippen LogP contribution in [0, 0.1) is 12.7 Å². The van der Waals surface area contributed by atoms with Crippen molar-refractivity contribution in [2.45, 2.75) is 32.3 Å². The zero-order valence-electron chi connectivity index (χ0n) is 24.1. The molecule has 43 heavy (non-hydrogen) atoms. The molecule has 1 aliphatic rings. The fourth-order valence-corrected chi connectivity index (χ4v) is 4.68. The predicted molar refractivity (Wildman–Crippen MR) is 164 cm³/mol. The summed E-state index contributed by atoms with van der Waals surface area (Å²) in [6, 6.07) is 17.5. The van der Waals surface area contributed by atoms with Crippen molar-refractivity contribution >= 4 is 23.7 Å². The van der Waals surface area contributed by atoms with Crippen LogP contribution < -0.4 is 21.1 Å². The molecule has 2 aromatic heterocycles. The number of nitrogens with two attached hydrogens (primary N) is 1. The smallest absolute Gasteiger partial charge is 0.252 e. The summed E-state index contributed by atoms with van der Waals surface area (Å²) in [5.41, 5.74) is 8.20. The molecule has 3 heterocycles. The van der Waals surface area contributed by atoms with Crippen molar-refractivity contribution in [3.63, 3.8) is 0 Å². The Labute approximate surface area is 250 Å². The Morgan fingerprint density at radius 2 is 1.88 bits per heavy atom. The number of anilines is 2. The number of aliphatic hydroxyl groups excluding tert-OH is 1. The summed E-state index contributed by atoms with van der Waals surface area (Å²) in [6.07, 6.45) is 5.90. The number of H-pyrrole nitrogens is 1. The van der Waals surface area contributed by atoms with Gasteiger partial charge in [-0.2, -0.15) is 0 Å². The lowest BCUT2D eigenvalue weighted by Gasteiger charge is -2.29. The normalized spacial score (nSPS) is 13.5. The number of carbonyl (C=O) groups excluding carboxylic acids is 2. The molecule has 0 spiro atoms. The van der Waals surface area contributed by atoms with E-state index in [4.69, 9.17) is 9.53 Å². The SMILES string of the molecule is Cc1ccc(F)c(Nc2ccc(Oc3ccnc(-c4cc(C(=O)NCCCN5CCC(O)CC5)c[nH]4)c3)cc2)c1.NC=O. The van der Waals surface area contributed by atoms with Crippen molar-refractivity contribution in [3.05, 3.63) is 90.0 Å². The number of pyridine rings is 1. The van der Waals surface area contributed by atoms with Crippen LogP contribution in [0.3, 0.4) is 0 Å². The highest BCUT2D eigenvalue weighted by molar-refractivity contribution is 5.95. The number of piperidine rings is 1. The Hall–Kier alpha value is -4.74. The van der Waals surface area contributed by atoms with Gasteiger partial charge in [0.2, 0.25) is 6.41 Å². The molecule has 2 aromatic carbocycles. The molecule has 11 heteroatoms. The lowest BCUT2D eigenvalue weighted by molar-refractivity contribution is -0.106. The second kappa shape index (κ2) is 15.5. The molecule has 1 saturated heterocycles. The van der Waals surface area contributed by atoms with Gasteiger partial charge >= 0.3 is 0 Å². The number of amides is 2. The number of hydrogen-bond acceptors (Lipinski definition) is 7.